The number of rotatable bonds is 3. The van der Waals surface area contributed by atoms with Gasteiger partial charge in [0.1, 0.15) is 0 Å². The molecule has 0 aliphatic carbocycles. The molecule has 0 spiro atoms. The van der Waals surface area contributed by atoms with E-state index in [1.165, 1.54) is 16.0 Å². The summed E-state index contributed by atoms with van der Waals surface area (Å²) in [5.41, 5.74) is 2.67. The number of hydrogen-bond donors (Lipinski definition) is 1. The van der Waals surface area contributed by atoms with Crippen molar-refractivity contribution in [2.45, 2.75) is 19.2 Å². The SMILES string of the molecule is Brc1csc(CNC2COCc3ccccc32)c1. The van der Waals surface area contributed by atoms with Crippen molar-refractivity contribution in [2.75, 3.05) is 6.61 Å². The Labute approximate surface area is 119 Å². The van der Waals surface area contributed by atoms with E-state index < -0.39 is 0 Å². The molecule has 3 rings (SSSR count). The van der Waals surface area contributed by atoms with Gasteiger partial charge in [0.2, 0.25) is 0 Å². The van der Waals surface area contributed by atoms with Crippen LogP contribution in [0.2, 0.25) is 0 Å². The van der Waals surface area contributed by atoms with Crippen LogP contribution in [-0.2, 0) is 17.9 Å². The van der Waals surface area contributed by atoms with Gasteiger partial charge in [0.25, 0.3) is 0 Å². The van der Waals surface area contributed by atoms with Gasteiger partial charge in [0.15, 0.2) is 0 Å². The van der Waals surface area contributed by atoms with Crippen molar-refractivity contribution < 1.29 is 4.74 Å². The Kier molecular flexibility index (Phi) is 3.80. The minimum atomic E-state index is 0.302. The molecule has 0 saturated heterocycles. The Morgan fingerprint density at radius 2 is 2.28 bits per heavy atom. The lowest BCUT2D eigenvalue weighted by atomic mass is 9.99. The van der Waals surface area contributed by atoms with Crippen LogP contribution in [-0.4, -0.2) is 6.61 Å². The fourth-order valence-electron chi connectivity index (χ4n) is 2.22. The van der Waals surface area contributed by atoms with Crippen molar-refractivity contribution in [3.8, 4) is 0 Å². The highest BCUT2D eigenvalue weighted by Crippen LogP contribution is 2.26. The Bertz CT molecular complexity index is 540. The van der Waals surface area contributed by atoms with E-state index in [-0.39, 0.29) is 0 Å². The van der Waals surface area contributed by atoms with Crippen LogP contribution >= 0.6 is 27.3 Å². The largest absolute Gasteiger partial charge is 0.375 e. The third kappa shape index (κ3) is 2.67. The van der Waals surface area contributed by atoms with Crippen LogP contribution in [0.25, 0.3) is 0 Å². The molecule has 4 heteroatoms. The zero-order valence-corrected chi connectivity index (χ0v) is 12.3. The fourth-order valence-corrected chi connectivity index (χ4v) is 3.62. The quantitative estimate of drug-likeness (QED) is 0.925. The molecule has 0 amide bonds. The molecule has 18 heavy (non-hydrogen) atoms. The number of fused-ring (bicyclic) bond motifs is 1. The molecule has 1 atom stereocenters. The Balaban J connectivity index is 1.71. The molecule has 1 N–H and O–H groups in total. The first kappa shape index (κ1) is 12.4. The predicted molar refractivity (Wildman–Crippen MR) is 77.7 cm³/mol. The molecule has 0 saturated carbocycles. The summed E-state index contributed by atoms with van der Waals surface area (Å²) < 4.78 is 6.79. The van der Waals surface area contributed by atoms with Crippen LogP contribution in [0, 0.1) is 0 Å². The average molecular weight is 324 g/mol. The predicted octanol–water partition coefficient (Wildman–Crippen LogP) is 3.87. The van der Waals surface area contributed by atoms with E-state index in [0.29, 0.717) is 6.04 Å². The summed E-state index contributed by atoms with van der Waals surface area (Å²) in [4.78, 5) is 1.34. The molecule has 0 bridgehead atoms. The normalized spacial score (nSPS) is 18.6. The second-order valence-corrected chi connectivity index (χ2v) is 6.29. The van der Waals surface area contributed by atoms with Crippen molar-refractivity contribution in [1.82, 2.24) is 5.32 Å². The number of thiophene rings is 1. The van der Waals surface area contributed by atoms with Crippen LogP contribution in [0.4, 0.5) is 0 Å². The summed E-state index contributed by atoms with van der Waals surface area (Å²) in [5.74, 6) is 0. The van der Waals surface area contributed by atoms with Crippen molar-refractivity contribution in [2.24, 2.45) is 0 Å². The average Bonchev–Trinajstić information content (AvgIpc) is 2.82. The van der Waals surface area contributed by atoms with Gasteiger partial charge in [-0.05, 0) is 33.1 Å². The van der Waals surface area contributed by atoms with Crippen LogP contribution in [0.3, 0.4) is 0 Å². The van der Waals surface area contributed by atoms with E-state index in [1.54, 1.807) is 11.3 Å². The molecule has 1 aromatic heterocycles. The Morgan fingerprint density at radius 1 is 1.39 bits per heavy atom. The smallest absolute Gasteiger partial charge is 0.0721 e. The van der Waals surface area contributed by atoms with Gasteiger partial charge in [0.05, 0.1) is 19.3 Å². The first-order chi connectivity index (χ1) is 8.83. The fraction of sp³-hybridized carbons (Fsp3) is 0.286. The minimum absolute atomic E-state index is 0.302. The molecule has 0 fully saturated rings. The molecule has 2 heterocycles. The van der Waals surface area contributed by atoms with E-state index in [9.17, 15) is 0 Å². The Morgan fingerprint density at radius 3 is 3.11 bits per heavy atom. The lowest BCUT2D eigenvalue weighted by Gasteiger charge is -2.26. The van der Waals surface area contributed by atoms with Crippen molar-refractivity contribution >= 4 is 27.3 Å². The Hall–Kier alpha value is -0.680. The van der Waals surface area contributed by atoms with E-state index in [1.807, 2.05) is 0 Å². The molecule has 94 valence electrons. The highest BCUT2D eigenvalue weighted by atomic mass is 79.9. The zero-order valence-electron chi connectivity index (χ0n) is 9.86. The van der Waals surface area contributed by atoms with Gasteiger partial charge >= 0.3 is 0 Å². The molecule has 1 aliphatic heterocycles. The zero-order chi connectivity index (χ0) is 12.4. The lowest BCUT2D eigenvalue weighted by Crippen LogP contribution is -2.29. The van der Waals surface area contributed by atoms with Gasteiger partial charge < -0.3 is 10.1 Å². The van der Waals surface area contributed by atoms with Crippen LogP contribution in [0.5, 0.6) is 0 Å². The van der Waals surface area contributed by atoms with Crippen LogP contribution in [0.1, 0.15) is 22.0 Å². The highest BCUT2D eigenvalue weighted by molar-refractivity contribution is 9.10. The second-order valence-electron chi connectivity index (χ2n) is 4.38. The molecular formula is C14H14BrNOS. The summed E-state index contributed by atoms with van der Waals surface area (Å²) >= 11 is 5.25. The number of halogens is 1. The standard InChI is InChI=1S/C14H14BrNOS/c15-11-5-12(18-9-11)6-16-14-8-17-7-10-3-1-2-4-13(10)14/h1-5,9,14,16H,6-8H2. The van der Waals surface area contributed by atoms with Gasteiger partial charge in [-0.3, -0.25) is 0 Å². The molecule has 0 radical (unpaired) electrons. The molecule has 1 aliphatic rings. The van der Waals surface area contributed by atoms with Crippen molar-refractivity contribution in [3.05, 3.63) is 56.2 Å². The summed E-state index contributed by atoms with van der Waals surface area (Å²) in [6.45, 7) is 2.38. The maximum absolute atomic E-state index is 5.63. The van der Waals surface area contributed by atoms with Gasteiger partial charge in [-0.15, -0.1) is 11.3 Å². The van der Waals surface area contributed by atoms with Gasteiger partial charge in [-0.2, -0.15) is 0 Å². The maximum Gasteiger partial charge on any atom is 0.0721 e. The maximum atomic E-state index is 5.63. The first-order valence-electron chi connectivity index (χ1n) is 5.95. The summed E-state index contributed by atoms with van der Waals surface area (Å²) in [6, 6.07) is 11.0. The second kappa shape index (κ2) is 5.53. The van der Waals surface area contributed by atoms with Crippen molar-refractivity contribution in [3.63, 3.8) is 0 Å². The van der Waals surface area contributed by atoms with Crippen molar-refractivity contribution in [1.29, 1.82) is 0 Å². The number of hydrogen-bond acceptors (Lipinski definition) is 3. The molecule has 2 nitrogen and oxygen atoms in total. The first-order valence-corrected chi connectivity index (χ1v) is 7.62. The van der Waals surface area contributed by atoms with Gasteiger partial charge in [0, 0.05) is 21.3 Å². The summed E-state index contributed by atoms with van der Waals surface area (Å²) in [7, 11) is 0. The minimum Gasteiger partial charge on any atom is -0.375 e. The molecule has 1 aromatic carbocycles. The topological polar surface area (TPSA) is 21.3 Å². The molecule has 1 unspecified atom stereocenters. The van der Waals surface area contributed by atoms with E-state index in [4.69, 9.17) is 4.74 Å². The van der Waals surface area contributed by atoms with Gasteiger partial charge in [-0.25, -0.2) is 0 Å². The molecular weight excluding hydrogens is 310 g/mol. The summed E-state index contributed by atoms with van der Waals surface area (Å²) in [5, 5.41) is 5.69. The lowest BCUT2D eigenvalue weighted by molar-refractivity contribution is 0.0817. The monoisotopic (exact) mass is 323 g/mol. The molecule has 2 aromatic rings. The number of benzene rings is 1. The number of ether oxygens (including phenoxy) is 1. The van der Waals surface area contributed by atoms with E-state index in [2.05, 4.69) is 57.0 Å². The van der Waals surface area contributed by atoms with E-state index >= 15 is 0 Å². The van der Waals surface area contributed by atoms with E-state index in [0.717, 1.165) is 24.2 Å². The van der Waals surface area contributed by atoms with Crippen LogP contribution in [0.15, 0.2) is 40.2 Å². The third-order valence-electron chi connectivity index (χ3n) is 3.12. The highest BCUT2D eigenvalue weighted by Gasteiger charge is 2.19. The van der Waals surface area contributed by atoms with Crippen LogP contribution < -0.4 is 5.32 Å². The number of nitrogens with one attached hydrogen (secondary N) is 1. The van der Waals surface area contributed by atoms with Gasteiger partial charge in [-0.1, -0.05) is 24.3 Å². The summed E-state index contributed by atoms with van der Waals surface area (Å²) in [6.07, 6.45) is 0. The third-order valence-corrected chi connectivity index (χ3v) is 4.81.